The van der Waals surface area contributed by atoms with E-state index >= 15 is 0 Å². The van der Waals surface area contributed by atoms with Crippen LogP contribution in [0.15, 0.2) is 29.8 Å². The molecule has 0 bridgehead atoms. The van der Waals surface area contributed by atoms with Crippen molar-refractivity contribution >= 4 is 21.2 Å². The Kier molecular flexibility index (Phi) is 3.82. The largest absolute Gasteiger partial charge is 0.307 e. The van der Waals surface area contributed by atoms with E-state index in [2.05, 4.69) is 15.3 Å². The van der Waals surface area contributed by atoms with Crippen molar-refractivity contribution in [2.45, 2.75) is 19.0 Å². The maximum absolute atomic E-state index is 11.4. The summed E-state index contributed by atoms with van der Waals surface area (Å²) in [5, 5.41) is 6.14. The van der Waals surface area contributed by atoms with Crippen LogP contribution < -0.4 is 5.32 Å². The van der Waals surface area contributed by atoms with Crippen molar-refractivity contribution in [3.63, 3.8) is 0 Å². The smallest absolute Gasteiger partial charge is 0.151 e. The van der Waals surface area contributed by atoms with Gasteiger partial charge in [0.2, 0.25) is 0 Å². The second-order valence-corrected chi connectivity index (χ2v) is 7.93. The van der Waals surface area contributed by atoms with E-state index in [-0.39, 0.29) is 11.8 Å². The van der Waals surface area contributed by atoms with Crippen LogP contribution in [0.2, 0.25) is 0 Å². The highest BCUT2D eigenvalue weighted by molar-refractivity contribution is 7.91. The van der Waals surface area contributed by atoms with Gasteiger partial charge in [-0.2, -0.15) is 0 Å². The van der Waals surface area contributed by atoms with E-state index in [1.54, 1.807) is 17.5 Å². The van der Waals surface area contributed by atoms with E-state index in [0.717, 1.165) is 16.4 Å². The minimum atomic E-state index is -2.83. The van der Waals surface area contributed by atoms with Crippen molar-refractivity contribution in [3.8, 4) is 10.7 Å². The number of hydrogen-bond donors (Lipinski definition) is 1. The number of hydrogen-bond acceptors (Lipinski definition) is 6. The van der Waals surface area contributed by atoms with Gasteiger partial charge in [0.15, 0.2) is 9.84 Å². The number of nitrogens with zero attached hydrogens (tertiary/aromatic N) is 2. The summed E-state index contributed by atoms with van der Waals surface area (Å²) in [7, 11) is -2.83. The number of nitrogens with one attached hydrogen (secondary N) is 1. The fraction of sp³-hybridized carbons (Fsp3) is 0.385. The monoisotopic (exact) mass is 309 g/mol. The molecule has 1 saturated heterocycles. The maximum Gasteiger partial charge on any atom is 0.151 e. The fourth-order valence-electron chi connectivity index (χ4n) is 2.20. The summed E-state index contributed by atoms with van der Waals surface area (Å²) in [4.78, 5) is 8.79. The summed E-state index contributed by atoms with van der Waals surface area (Å²) in [6.45, 7) is 0.601. The van der Waals surface area contributed by atoms with Crippen LogP contribution in [0.4, 0.5) is 0 Å². The highest BCUT2D eigenvalue weighted by atomic mass is 32.2. The van der Waals surface area contributed by atoms with Crippen molar-refractivity contribution in [2.24, 2.45) is 0 Å². The molecule has 2 aromatic heterocycles. The molecule has 1 fully saturated rings. The topological polar surface area (TPSA) is 72.0 Å². The van der Waals surface area contributed by atoms with E-state index in [9.17, 15) is 8.42 Å². The van der Waals surface area contributed by atoms with E-state index in [1.807, 2.05) is 23.6 Å². The number of aromatic nitrogens is 2. The van der Waals surface area contributed by atoms with Crippen LogP contribution in [0, 0.1) is 0 Å². The second-order valence-electron chi connectivity index (χ2n) is 4.84. The van der Waals surface area contributed by atoms with Gasteiger partial charge in [-0.05, 0) is 18.6 Å². The summed E-state index contributed by atoms with van der Waals surface area (Å²) in [6.07, 6.45) is 2.44. The third-order valence-electron chi connectivity index (χ3n) is 3.24. The quantitative estimate of drug-likeness (QED) is 0.926. The lowest BCUT2D eigenvalue weighted by Gasteiger charge is -2.08. The first-order valence-corrected chi connectivity index (χ1v) is 9.12. The van der Waals surface area contributed by atoms with Crippen molar-refractivity contribution in [3.05, 3.63) is 35.5 Å². The molecule has 3 rings (SSSR count). The minimum absolute atomic E-state index is 0.0556. The summed E-state index contributed by atoms with van der Waals surface area (Å²) < 4.78 is 22.8. The number of thiazole rings is 1. The minimum Gasteiger partial charge on any atom is -0.307 e. The van der Waals surface area contributed by atoms with Gasteiger partial charge in [-0.15, -0.1) is 11.3 Å². The fourth-order valence-corrected chi connectivity index (χ4v) is 4.70. The highest BCUT2D eigenvalue weighted by Gasteiger charge is 2.27. The zero-order valence-corrected chi connectivity index (χ0v) is 12.5. The molecule has 2 aromatic rings. The van der Waals surface area contributed by atoms with Crippen LogP contribution in [0.25, 0.3) is 10.7 Å². The number of rotatable bonds is 4. The lowest BCUT2D eigenvalue weighted by molar-refractivity contribution is 0.550. The maximum atomic E-state index is 11.4. The highest BCUT2D eigenvalue weighted by Crippen LogP contribution is 2.21. The van der Waals surface area contributed by atoms with Crippen LogP contribution >= 0.6 is 11.3 Å². The van der Waals surface area contributed by atoms with Gasteiger partial charge in [-0.1, -0.05) is 6.07 Å². The van der Waals surface area contributed by atoms with E-state index in [1.165, 1.54) is 0 Å². The first-order valence-electron chi connectivity index (χ1n) is 6.42. The summed E-state index contributed by atoms with van der Waals surface area (Å²) in [5.74, 6) is 0.533. The Labute approximate surface area is 122 Å². The Hall–Kier alpha value is -1.31. The van der Waals surface area contributed by atoms with Gasteiger partial charge in [-0.3, -0.25) is 4.98 Å². The van der Waals surface area contributed by atoms with E-state index < -0.39 is 9.84 Å². The van der Waals surface area contributed by atoms with Crippen LogP contribution in [0.3, 0.4) is 0 Å². The third-order valence-corrected chi connectivity index (χ3v) is 5.92. The van der Waals surface area contributed by atoms with Gasteiger partial charge in [0, 0.05) is 24.2 Å². The second kappa shape index (κ2) is 5.59. The van der Waals surface area contributed by atoms with Crippen molar-refractivity contribution in [1.82, 2.24) is 15.3 Å². The third kappa shape index (κ3) is 3.23. The number of sulfone groups is 1. The molecule has 1 aliphatic heterocycles. The van der Waals surface area contributed by atoms with Crippen molar-refractivity contribution in [1.29, 1.82) is 0 Å². The molecule has 0 amide bonds. The molecule has 5 nitrogen and oxygen atoms in total. The zero-order chi connectivity index (χ0) is 14.0. The Morgan fingerprint density at radius 3 is 3.00 bits per heavy atom. The first-order chi connectivity index (χ1) is 9.62. The molecule has 0 aromatic carbocycles. The Bertz CT molecular complexity index is 683. The van der Waals surface area contributed by atoms with Gasteiger partial charge in [0.1, 0.15) is 5.01 Å². The van der Waals surface area contributed by atoms with Gasteiger partial charge in [-0.25, -0.2) is 13.4 Å². The molecule has 7 heteroatoms. The molecule has 1 atom stereocenters. The molecular formula is C13H15N3O2S2. The molecule has 20 heavy (non-hydrogen) atoms. The molecular weight excluding hydrogens is 294 g/mol. The Morgan fingerprint density at radius 2 is 2.30 bits per heavy atom. The number of pyridine rings is 1. The molecule has 106 valence electrons. The Morgan fingerprint density at radius 1 is 1.40 bits per heavy atom. The van der Waals surface area contributed by atoms with E-state index in [0.29, 0.717) is 18.7 Å². The summed E-state index contributed by atoms with van der Waals surface area (Å²) in [6, 6.07) is 5.80. The molecule has 0 unspecified atom stereocenters. The normalized spacial score (nSPS) is 21.1. The van der Waals surface area contributed by atoms with Crippen molar-refractivity contribution in [2.75, 3.05) is 11.5 Å². The van der Waals surface area contributed by atoms with Crippen molar-refractivity contribution < 1.29 is 8.42 Å². The molecule has 0 saturated carbocycles. The molecule has 1 aliphatic rings. The van der Waals surface area contributed by atoms with E-state index in [4.69, 9.17) is 0 Å². The average molecular weight is 309 g/mol. The summed E-state index contributed by atoms with van der Waals surface area (Å²) >= 11 is 1.55. The Balaban J connectivity index is 1.61. The lowest BCUT2D eigenvalue weighted by Crippen LogP contribution is -2.29. The predicted molar refractivity (Wildman–Crippen MR) is 79.2 cm³/mol. The SMILES string of the molecule is O=S1(=O)CC[C@@H](NCc2csc(-c3ccccn3)n2)C1. The molecule has 0 radical (unpaired) electrons. The summed E-state index contributed by atoms with van der Waals surface area (Å²) in [5.41, 5.74) is 1.80. The molecule has 1 N–H and O–H groups in total. The molecule has 3 heterocycles. The van der Waals surface area contributed by atoms with Gasteiger partial charge < -0.3 is 5.32 Å². The zero-order valence-electron chi connectivity index (χ0n) is 10.8. The van der Waals surface area contributed by atoms with Gasteiger partial charge in [0.05, 0.1) is 22.9 Å². The molecule has 0 spiro atoms. The van der Waals surface area contributed by atoms with Gasteiger partial charge in [0.25, 0.3) is 0 Å². The predicted octanol–water partition coefficient (Wildman–Crippen LogP) is 1.48. The standard InChI is InChI=1S/C13H15N3O2S2/c17-20(18)6-4-10(9-20)15-7-11-8-19-13(16-11)12-3-1-2-5-14-12/h1-3,5,8,10,15H,4,6-7,9H2/t10-/m1/s1. The first kappa shape index (κ1) is 13.7. The van der Waals surface area contributed by atoms with Crippen LogP contribution in [0.5, 0.6) is 0 Å². The molecule has 0 aliphatic carbocycles. The van der Waals surface area contributed by atoms with Crippen LogP contribution in [0.1, 0.15) is 12.1 Å². The van der Waals surface area contributed by atoms with Crippen LogP contribution in [-0.2, 0) is 16.4 Å². The van der Waals surface area contributed by atoms with Gasteiger partial charge >= 0.3 is 0 Å². The average Bonchev–Trinajstić information content (AvgIpc) is 3.04. The lowest BCUT2D eigenvalue weighted by atomic mass is 10.2. The van der Waals surface area contributed by atoms with Crippen LogP contribution in [-0.4, -0.2) is 35.9 Å².